The maximum absolute atomic E-state index is 10.1. The van der Waals surface area contributed by atoms with E-state index in [-0.39, 0.29) is 5.91 Å². The molecule has 42 valence electrons. The molecule has 0 aromatic rings. The normalized spacial score (nSPS) is 8.29. The molecule has 1 amide bonds. The molecule has 0 rings (SSSR count). The number of hydrogen-bond donors (Lipinski definition) is 2. The van der Waals surface area contributed by atoms with Crippen LogP contribution in [0.25, 0.3) is 0 Å². The molecule has 0 aliphatic rings. The average molecular weight is 103 g/mol. The van der Waals surface area contributed by atoms with Crippen LogP contribution in [0.15, 0.2) is 0 Å². The molecule has 0 heterocycles. The van der Waals surface area contributed by atoms with Gasteiger partial charge < -0.3 is 11.1 Å². The Balaban J connectivity index is 2.82. The molecule has 0 aliphatic heterocycles. The van der Waals surface area contributed by atoms with Crippen LogP contribution in [0.2, 0.25) is 0 Å². The molecule has 0 bridgehead atoms. The molecule has 0 aromatic carbocycles. The second-order valence-corrected chi connectivity index (χ2v) is 1.34. The summed E-state index contributed by atoms with van der Waals surface area (Å²) in [4.78, 5) is 10.1. The molecule has 0 fully saturated rings. The predicted molar refractivity (Wildman–Crippen MR) is 26.4 cm³/mol. The van der Waals surface area contributed by atoms with Crippen molar-refractivity contribution < 1.29 is 10.5 Å². The molecular weight excluding hydrogens is 92.1 g/mol. The Morgan fingerprint density at radius 3 is 2.57 bits per heavy atom. The van der Waals surface area contributed by atoms with Crippen molar-refractivity contribution in [2.75, 3.05) is 13.1 Å². The molecule has 0 saturated carbocycles. The lowest BCUT2D eigenvalue weighted by Gasteiger charge is -1.91. The zero-order valence-electron chi connectivity index (χ0n) is 4.53. The highest BCUT2D eigenvalue weighted by Gasteiger charge is 1.84. The molecule has 0 atom stereocenters. The molecule has 4 N–H and O–H groups in total. The largest absolute Gasteiger partial charge is 0.356 e. The van der Waals surface area contributed by atoms with E-state index in [1.54, 1.807) is 0 Å². The van der Waals surface area contributed by atoms with Crippen LogP contribution >= 0.6 is 0 Å². The van der Waals surface area contributed by atoms with E-state index in [9.17, 15) is 4.79 Å². The van der Waals surface area contributed by atoms with Crippen molar-refractivity contribution in [3.63, 3.8) is 0 Å². The Bertz CT molecular complexity index is 62.7. The van der Waals surface area contributed by atoms with Crippen molar-refractivity contribution in [3.05, 3.63) is 0 Å². The molecular formula is C4H11N2O+. The van der Waals surface area contributed by atoms with Gasteiger partial charge in [-0.2, -0.15) is 0 Å². The van der Waals surface area contributed by atoms with Gasteiger partial charge in [-0.3, -0.25) is 4.79 Å². The summed E-state index contributed by atoms with van der Waals surface area (Å²) in [6, 6.07) is 0. The molecule has 0 aromatic heterocycles. The average Bonchev–Trinajstić information content (AvgIpc) is 1.61. The van der Waals surface area contributed by atoms with Gasteiger partial charge in [0.2, 0.25) is 5.91 Å². The number of quaternary nitrogens is 1. The zero-order valence-corrected chi connectivity index (χ0v) is 4.53. The summed E-state index contributed by atoms with van der Waals surface area (Å²) in [5, 5.41) is 2.59. The Hall–Kier alpha value is -0.570. The molecule has 0 aliphatic carbocycles. The lowest BCUT2D eigenvalue weighted by atomic mass is 10.6. The first-order valence-electron chi connectivity index (χ1n) is 2.31. The van der Waals surface area contributed by atoms with Crippen LogP contribution < -0.4 is 11.1 Å². The summed E-state index contributed by atoms with van der Waals surface area (Å²) in [5.41, 5.74) is 3.54. The first kappa shape index (κ1) is 6.43. The van der Waals surface area contributed by atoms with E-state index in [2.05, 4.69) is 11.1 Å². The van der Waals surface area contributed by atoms with E-state index in [1.807, 2.05) is 0 Å². The number of carbonyl (C=O) groups is 1. The molecule has 0 spiro atoms. The van der Waals surface area contributed by atoms with Crippen molar-refractivity contribution in [3.8, 4) is 0 Å². The van der Waals surface area contributed by atoms with Crippen LogP contribution in [0.5, 0.6) is 0 Å². The van der Waals surface area contributed by atoms with Crippen LogP contribution in [-0.4, -0.2) is 19.0 Å². The number of carbonyl (C=O) groups excluding carboxylic acids is 1. The predicted octanol–water partition coefficient (Wildman–Crippen LogP) is -1.64. The fourth-order valence-electron chi connectivity index (χ4n) is 0.264. The summed E-state index contributed by atoms with van der Waals surface area (Å²) in [6.45, 7) is 2.95. The van der Waals surface area contributed by atoms with E-state index >= 15 is 0 Å². The molecule has 3 nitrogen and oxygen atoms in total. The van der Waals surface area contributed by atoms with Crippen molar-refractivity contribution >= 4 is 5.91 Å². The quantitative estimate of drug-likeness (QED) is 0.433. The first-order chi connectivity index (χ1) is 3.27. The Morgan fingerprint density at radius 1 is 1.86 bits per heavy atom. The third-order valence-corrected chi connectivity index (χ3v) is 0.551. The Morgan fingerprint density at radius 2 is 2.43 bits per heavy atom. The highest BCUT2D eigenvalue weighted by Crippen LogP contribution is 1.53. The van der Waals surface area contributed by atoms with Gasteiger partial charge >= 0.3 is 0 Å². The lowest BCUT2D eigenvalue weighted by Crippen LogP contribution is -2.54. The van der Waals surface area contributed by atoms with Gasteiger partial charge in [0.15, 0.2) is 0 Å². The van der Waals surface area contributed by atoms with Gasteiger partial charge in [0.05, 0.1) is 13.1 Å². The molecule has 0 unspecified atom stereocenters. The van der Waals surface area contributed by atoms with E-state index in [0.29, 0.717) is 6.54 Å². The smallest absolute Gasteiger partial charge is 0.217 e. The second-order valence-electron chi connectivity index (χ2n) is 1.34. The van der Waals surface area contributed by atoms with Crippen molar-refractivity contribution in [2.24, 2.45) is 0 Å². The third-order valence-electron chi connectivity index (χ3n) is 0.551. The highest BCUT2D eigenvalue weighted by atomic mass is 16.1. The van der Waals surface area contributed by atoms with E-state index < -0.39 is 0 Å². The van der Waals surface area contributed by atoms with Gasteiger partial charge in [-0.1, -0.05) is 0 Å². The minimum Gasteiger partial charge on any atom is -0.356 e. The van der Waals surface area contributed by atoms with Gasteiger partial charge in [0, 0.05) is 6.92 Å². The first-order valence-corrected chi connectivity index (χ1v) is 2.31. The maximum Gasteiger partial charge on any atom is 0.217 e. The van der Waals surface area contributed by atoms with Gasteiger partial charge in [-0.15, -0.1) is 0 Å². The monoisotopic (exact) mass is 103 g/mol. The standard InChI is InChI=1S/C4H10N2O/c1-4(7)6-3-2-5/h2-3,5H2,1H3,(H,6,7)/p+1. The molecule has 7 heavy (non-hydrogen) atoms. The van der Waals surface area contributed by atoms with Crippen molar-refractivity contribution in [1.82, 2.24) is 5.32 Å². The third kappa shape index (κ3) is 5.43. The Kier molecular flexibility index (Phi) is 3.32. The SMILES string of the molecule is CC(=O)NCC[NH3+]. The van der Waals surface area contributed by atoms with Gasteiger partial charge in [-0.05, 0) is 0 Å². The number of nitrogens with one attached hydrogen (secondary N) is 1. The summed E-state index contributed by atoms with van der Waals surface area (Å²) in [7, 11) is 0. The summed E-state index contributed by atoms with van der Waals surface area (Å²) in [5.74, 6) is 0.0173. The highest BCUT2D eigenvalue weighted by molar-refractivity contribution is 5.72. The van der Waals surface area contributed by atoms with Crippen LogP contribution in [0.4, 0.5) is 0 Å². The van der Waals surface area contributed by atoms with E-state index in [1.165, 1.54) is 6.92 Å². The second kappa shape index (κ2) is 3.61. The van der Waals surface area contributed by atoms with Crippen molar-refractivity contribution in [1.29, 1.82) is 0 Å². The summed E-state index contributed by atoms with van der Waals surface area (Å²) in [6.07, 6.45) is 0. The molecule has 0 radical (unpaired) electrons. The van der Waals surface area contributed by atoms with Gasteiger partial charge in [-0.25, -0.2) is 0 Å². The maximum atomic E-state index is 10.1. The zero-order chi connectivity index (χ0) is 5.70. The molecule has 0 saturated heterocycles. The van der Waals surface area contributed by atoms with E-state index in [4.69, 9.17) is 0 Å². The fraction of sp³-hybridized carbons (Fsp3) is 0.750. The minimum absolute atomic E-state index is 0.0173. The number of amides is 1. The fourth-order valence-corrected chi connectivity index (χ4v) is 0.264. The van der Waals surface area contributed by atoms with Crippen molar-refractivity contribution in [2.45, 2.75) is 6.92 Å². The van der Waals surface area contributed by atoms with Gasteiger partial charge in [0.25, 0.3) is 0 Å². The summed E-state index contributed by atoms with van der Waals surface area (Å²) < 4.78 is 0. The van der Waals surface area contributed by atoms with Crippen LogP contribution in [0.3, 0.4) is 0 Å². The number of hydrogen-bond acceptors (Lipinski definition) is 1. The summed E-state index contributed by atoms with van der Waals surface area (Å²) >= 11 is 0. The van der Waals surface area contributed by atoms with Gasteiger partial charge in [0.1, 0.15) is 0 Å². The van der Waals surface area contributed by atoms with Crippen LogP contribution in [-0.2, 0) is 4.79 Å². The number of rotatable bonds is 2. The topological polar surface area (TPSA) is 56.7 Å². The van der Waals surface area contributed by atoms with E-state index in [0.717, 1.165) is 6.54 Å². The van der Waals surface area contributed by atoms with Crippen LogP contribution in [0, 0.1) is 0 Å². The lowest BCUT2D eigenvalue weighted by molar-refractivity contribution is -0.364. The minimum atomic E-state index is 0.0173. The van der Waals surface area contributed by atoms with Crippen LogP contribution in [0.1, 0.15) is 6.92 Å². The Labute approximate surface area is 42.9 Å². The molecule has 3 heteroatoms.